The molecular formula is C29H27FN2O3. The lowest BCUT2D eigenvalue weighted by atomic mass is 9.93. The molecule has 0 bridgehead atoms. The first-order valence-corrected chi connectivity index (χ1v) is 12.0. The molecule has 178 valence electrons. The van der Waals surface area contributed by atoms with Crippen molar-refractivity contribution in [3.63, 3.8) is 0 Å². The summed E-state index contributed by atoms with van der Waals surface area (Å²) in [6.45, 7) is 2.01. The van der Waals surface area contributed by atoms with E-state index in [4.69, 9.17) is 0 Å². The van der Waals surface area contributed by atoms with E-state index in [1.54, 1.807) is 12.1 Å². The molecule has 2 aliphatic heterocycles. The number of rotatable bonds is 7. The Labute approximate surface area is 204 Å². The zero-order valence-electron chi connectivity index (χ0n) is 19.4. The normalized spacial score (nSPS) is 18.0. The van der Waals surface area contributed by atoms with Crippen molar-refractivity contribution in [2.24, 2.45) is 0 Å². The Balaban J connectivity index is 1.47. The first-order valence-electron chi connectivity index (χ1n) is 12.0. The Kier molecular flexibility index (Phi) is 6.36. The van der Waals surface area contributed by atoms with Crippen LogP contribution in [0.5, 0.6) is 0 Å². The van der Waals surface area contributed by atoms with Crippen molar-refractivity contribution in [2.45, 2.75) is 31.7 Å². The van der Waals surface area contributed by atoms with Gasteiger partial charge in [0.25, 0.3) is 5.91 Å². The number of carbonyl (C=O) groups is 2. The molecule has 0 radical (unpaired) electrons. The minimum absolute atomic E-state index is 0.0566. The van der Waals surface area contributed by atoms with Crippen LogP contribution >= 0.6 is 0 Å². The maximum absolute atomic E-state index is 13.7. The molecule has 2 heterocycles. The van der Waals surface area contributed by atoms with E-state index in [1.807, 2.05) is 54.6 Å². The Morgan fingerprint density at radius 3 is 2.17 bits per heavy atom. The maximum Gasteiger partial charge on any atom is 0.294 e. The van der Waals surface area contributed by atoms with Crippen LogP contribution in [0.15, 0.2) is 90.2 Å². The highest BCUT2D eigenvalue weighted by Crippen LogP contribution is 2.42. The number of ketones is 1. The summed E-state index contributed by atoms with van der Waals surface area (Å²) >= 11 is 0. The molecule has 6 heteroatoms. The molecule has 5 nitrogen and oxygen atoms in total. The van der Waals surface area contributed by atoms with Crippen LogP contribution < -0.4 is 9.80 Å². The third-order valence-corrected chi connectivity index (χ3v) is 6.78. The molecule has 1 N–H and O–H groups in total. The molecule has 1 amide bonds. The van der Waals surface area contributed by atoms with Crippen molar-refractivity contribution in [1.82, 2.24) is 0 Å². The van der Waals surface area contributed by atoms with Crippen molar-refractivity contribution >= 4 is 23.1 Å². The number of nitrogens with zero attached hydrogens (tertiary/aromatic N) is 2. The van der Waals surface area contributed by atoms with E-state index in [1.165, 1.54) is 17.0 Å². The lowest BCUT2D eigenvalue weighted by molar-refractivity contribution is -0.118. The second-order valence-electron chi connectivity index (χ2n) is 9.01. The summed E-state index contributed by atoms with van der Waals surface area (Å²) in [4.78, 5) is 30.4. The topological polar surface area (TPSA) is 60.9 Å². The lowest BCUT2D eigenvalue weighted by Gasteiger charge is -2.27. The molecule has 1 saturated heterocycles. The van der Waals surface area contributed by atoms with Crippen LogP contribution in [0.4, 0.5) is 15.8 Å². The second-order valence-corrected chi connectivity index (χ2v) is 9.01. The molecule has 3 aromatic rings. The van der Waals surface area contributed by atoms with Crippen LogP contribution in [0.2, 0.25) is 0 Å². The van der Waals surface area contributed by atoms with Crippen LogP contribution in [-0.2, 0) is 16.0 Å². The van der Waals surface area contributed by atoms with Gasteiger partial charge in [0.2, 0.25) is 0 Å². The number of hydrogen-bond donors (Lipinski definition) is 1. The molecule has 5 rings (SSSR count). The molecule has 1 fully saturated rings. The number of amides is 1. The number of halogens is 1. The van der Waals surface area contributed by atoms with E-state index >= 15 is 0 Å². The zero-order valence-corrected chi connectivity index (χ0v) is 19.4. The van der Waals surface area contributed by atoms with Gasteiger partial charge in [0.1, 0.15) is 5.82 Å². The summed E-state index contributed by atoms with van der Waals surface area (Å²) < 4.78 is 13.7. The molecule has 35 heavy (non-hydrogen) atoms. The molecule has 2 aliphatic rings. The standard InChI is InChI=1S/C29H27FN2O3/c30-22-11-9-21(10-12-22)27-26(25(33)17-8-20-6-2-1-3-7-20)28(34)29(35)32(27)24-15-13-23(14-16-24)31-18-4-5-19-31/h1-3,6-7,9-16,27,34H,4-5,8,17-19H2. The summed E-state index contributed by atoms with van der Waals surface area (Å²) in [6, 6.07) is 22.1. The van der Waals surface area contributed by atoms with Gasteiger partial charge in [0.15, 0.2) is 11.5 Å². The summed E-state index contributed by atoms with van der Waals surface area (Å²) in [5.41, 5.74) is 3.27. The molecule has 3 aromatic carbocycles. The Bertz CT molecular complexity index is 1250. The van der Waals surface area contributed by atoms with E-state index in [2.05, 4.69) is 4.90 Å². The monoisotopic (exact) mass is 470 g/mol. The van der Waals surface area contributed by atoms with Gasteiger partial charge in [-0.2, -0.15) is 0 Å². The molecular weight excluding hydrogens is 443 g/mol. The molecule has 0 saturated carbocycles. The van der Waals surface area contributed by atoms with E-state index < -0.39 is 23.5 Å². The van der Waals surface area contributed by atoms with Crippen LogP contribution in [0.1, 0.15) is 36.4 Å². The largest absolute Gasteiger partial charge is 0.503 e. The van der Waals surface area contributed by atoms with E-state index in [9.17, 15) is 19.1 Å². The quantitative estimate of drug-likeness (QED) is 0.493. The number of benzene rings is 3. The second kappa shape index (κ2) is 9.74. The summed E-state index contributed by atoms with van der Waals surface area (Å²) in [5, 5.41) is 10.9. The third-order valence-electron chi connectivity index (χ3n) is 6.78. The van der Waals surface area contributed by atoms with Gasteiger partial charge >= 0.3 is 0 Å². The minimum atomic E-state index is -0.830. The Morgan fingerprint density at radius 1 is 0.886 bits per heavy atom. The SMILES string of the molecule is O=C(CCc1ccccc1)C1=C(O)C(=O)N(c2ccc(N3CCCC3)cc2)C1c1ccc(F)cc1. The molecule has 1 unspecified atom stereocenters. The van der Waals surface area contributed by atoms with Crippen LogP contribution in [-0.4, -0.2) is 29.9 Å². The van der Waals surface area contributed by atoms with E-state index in [-0.39, 0.29) is 17.8 Å². The Hall–Kier alpha value is -3.93. The van der Waals surface area contributed by atoms with Gasteiger partial charge in [-0.15, -0.1) is 0 Å². The van der Waals surface area contributed by atoms with Gasteiger partial charge in [-0.1, -0.05) is 42.5 Å². The van der Waals surface area contributed by atoms with Gasteiger partial charge in [0.05, 0.1) is 11.6 Å². The molecule has 0 aliphatic carbocycles. The zero-order chi connectivity index (χ0) is 24.4. The number of anilines is 2. The van der Waals surface area contributed by atoms with Gasteiger partial charge in [-0.25, -0.2) is 4.39 Å². The van der Waals surface area contributed by atoms with E-state index in [0.717, 1.165) is 37.2 Å². The van der Waals surface area contributed by atoms with Crippen molar-refractivity contribution < 1.29 is 19.1 Å². The number of aliphatic hydroxyl groups excluding tert-OH is 1. The van der Waals surface area contributed by atoms with Gasteiger partial charge in [0, 0.05) is 30.9 Å². The highest BCUT2D eigenvalue weighted by molar-refractivity contribution is 6.16. The van der Waals surface area contributed by atoms with Gasteiger partial charge < -0.3 is 10.0 Å². The fourth-order valence-corrected chi connectivity index (χ4v) is 4.95. The number of hydrogen-bond acceptors (Lipinski definition) is 4. The predicted octanol–water partition coefficient (Wildman–Crippen LogP) is 5.53. The van der Waals surface area contributed by atoms with Gasteiger partial charge in [-0.05, 0) is 66.8 Å². The number of Topliss-reactive ketones (excluding diaryl/α,β-unsaturated/α-hetero) is 1. The fourth-order valence-electron chi connectivity index (χ4n) is 4.95. The van der Waals surface area contributed by atoms with Crippen LogP contribution in [0, 0.1) is 5.82 Å². The fraction of sp³-hybridized carbons (Fsp3) is 0.241. The number of aryl methyl sites for hydroxylation is 1. The first-order chi connectivity index (χ1) is 17.0. The summed E-state index contributed by atoms with van der Waals surface area (Å²) in [7, 11) is 0. The number of aliphatic hydroxyl groups is 1. The summed E-state index contributed by atoms with van der Waals surface area (Å²) in [5.74, 6) is -1.88. The van der Waals surface area contributed by atoms with E-state index in [0.29, 0.717) is 17.7 Å². The maximum atomic E-state index is 13.7. The smallest absolute Gasteiger partial charge is 0.294 e. The highest BCUT2D eigenvalue weighted by atomic mass is 19.1. The predicted molar refractivity (Wildman–Crippen MR) is 134 cm³/mol. The number of carbonyl (C=O) groups excluding carboxylic acids is 2. The van der Waals surface area contributed by atoms with Crippen LogP contribution in [0.25, 0.3) is 0 Å². The first kappa shape index (κ1) is 22.8. The Morgan fingerprint density at radius 2 is 1.51 bits per heavy atom. The van der Waals surface area contributed by atoms with Gasteiger partial charge in [-0.3, -0.25) is 14.5 Å². The van der Waals surface area contributed by atoms with Crippen molar-refractivity contribution in [3.05, 3.63) is 107 Å². The summed E-state index contributed by atoms with van der Waals surface area (Å²) in [6.07, 6.45) is 2.96. The molecule has 0 spiro atoms. The van der Waals surface area contributed by atoms with Crippen molar-refractivity contribution in [2.75, 3.05) is 22.9 Å². The third kappa shape index (κ3) is 4.56. The van der Waals surface area contributed by atoms with Crippen molar-refractivity contribution in [3.8, 4) is 0 Å². The molecule has 1 atom stereocenters. The van der Waals surface area contributed by atoms with Crippen molar-refractivity contribution in [1.29, 1.82) is 0 Å². The highest BCUT2D eigenvalue weighted by Gasteiger charge is 2.44. The lowest BCUT2D eigenvalue weighted by Crippen LogP contribution is -2.31. The average Bonchev–Trinajstić information content (AvgIpc) is 3.51. The van der Waals surface area contributed by atoms with Crippen LogP contribution in [0.3, 0.4) is 0 Å². The molecule has 0 aromatic heterocycles. The minimum Gasteiger partial charge on any atom is -0.503 e. The average molecular weight is 471 g/mol.